The molecule has 0 aromatic heterocycles. The van der Waals surface area contributed by atoms with Gasteiger partial charge in [-0.05, 0) is 32.9 Å². The summed E-state index contributed by atoms with van der Waals surface area (Å²) in [5, 5.41) is 5.96. The summed E-state index contributed by atoms with van der Waals surface area (Å²) in [5.41, 5.74) is 0. The molecule has 0 radical (unpaired) electrons. The summed E-state index contributed by atoms with van der Waals surface area (Å²) in [6.07, 6.45) is 3.97. The molecule has 2 N–H and O–H groups in total. The van der Waals surface area contributed by atoms with E-state index in [2.05, 4.69) is 10.6 Å². The Kier molecular flexibility index (Phi) is 6.04. The number of nitrogens with one attached hydrogen (secondary N) is 2. The Labute approximate surface area is 109 Å². The van der Waals surface area contributed by atoms with E-state index in [1.165, 1.54) is 10.6 Å². The van der Waals surface area contributed by atoms with Crippen LogP contribution in [-0.2, 0) is 14.8 Å². The Balaban J connectivity index is 2.25. The zero-order chi connectivity index (χ0) is 13.6. The van der Waals surface area contributed by atoms with Crippen LogP contribution in [-0.4, -0.2) is 57.6 Å². The molecular formula is C11H23N3O3S. The van der Waals surface area contributed by atoms with Crippen molar-refractivity contribution >= 4 is 15.9 Å². The predicted octanol–water partition coefficient (Wildman–Crippen LogP) is -0.474. The minimum Gasteiger partial charge on any atom is -0.353 e. The number of hydrogen-bond donors (Lipinski definition) is 2. The molecule has 1 amide bonds. The highest BCUT2D eigenvalue weighted by Crippen LogP contribution is 2.13. The van der Waals surface area contributed by atoms with E-state index in [0.29, 0.717) is 32.4 Å². The lowest BCUT2D eigenvalue weighted by Crippen LogP contribution is -2.46. The number of sulfonamides is 1. The molecule has 1 saturated heterocycles. The third kappa shape index (κ3) is 5.32. The molecule has 0 saturated carbocycles. The predicted molar refractivity (Wildman–Crippen MR) is 70.7 cm³/mol. The van der Waals surface area contributed by atoms with E-state index in [-0.39, 0.29) is 11.9 Å². The SMILES string of the molecule is CNCCCC(=O)NC1CCN(S(C)(=O)=O)CC1. The molecule has 18 heavy (non-hydrogen) atoms. The van der Waals surface area contributed by atoms with Crippen molar-refractivity contribution < 1.29 is 13.2 Å². The summed E-state index contributed by atoms with van der Waals surface area (Å²) in [6, 6.07) is 0.116. The van der Waals surface area contributed by atoms with Crippen molar-refractivity contribution in [2.75, 3.05) is 32.9 Å². The van der Waals surface area contributed by atoms with Gasteiger partial charge in [0.25, 0.3) is 0 Å². The lowest BCUT2D eigenvalue weighted by atomic mass is 10.1. The minimum atomic E-state index is -3.08. The van der Waals surface area contributed by atoms with Crippen molar-refractivity contribution in [3.8, 4) is 0 Å². The summed E-state index contributed by atoms with van der Waals surface area (Å²) in [4.78, 5) is 11.6. The normalized spacial score (nSPS) is 18.8. The molecule has 0 aliphatic carbocycles. The second kappa shape index (κ2) is 7.06. The molecule has 1 fully saturated rings. The molecule has 1 aliphatic rings. The highest BCUT2D eigenvalue weighted by Gasteiger charge is 2.25. The lowest BCUT2D eigenvalue weighted by molar-refractivity contribution is -0.122. The fourth-order valence-electron chi connectivity index (χ4n) is 2.06. The van der Waals surface area contributed by atoms with Crippen LogP contribution >= 0.6 is 0 Å². The molecule has 0 bridgehead atoms. The van der Waals surface area contributed by atoms with Crippen LogP contribution in [0, 0.1) is 0 Å². The summed E-state index contributed by atoms with van der Waals surface area (Å²) < 4.78 is 24.1. The first-order valence-electron chi connectivity index (χ1n) is 6.32. The van der Waals surface area contributed by atoms with Crippen molar-refractivity contribution in [1.29, 1.82) is 0 Å². The van der Waals surface area contributed by atoms with Crippen molar-refractivity contribution in [3.05, 3.63) is 0 Å². The lowest BCUT2D eigenvalue weighted by Gasteiger charge is -2.30. The molecular weight excluding hydrogens is 254 g/mol. The maximum absolute atomic E-state index is 11.6. The summed E-state index contributed by atoms with van der Waals surface area (Å²) in [7, 11) is -1.22. The Morgan fingerprint density at radius 2 is 1.94 bits per heavy atom. The number of hydrogen-bond acceptors (Lipinski definition) is 4. The third-order valence-electron chi connectivity index (χ3n) is 3.12. The molecule has 0 aromatic carbocycles. The van der Waals surface area contributed by atoms with Crippen molar-refractivity contribution in [2.45, 2.75) is 31.7 Å². The van der Waals surface area contributed by atoms with E-state index in [1.54, 1.807) is 0 Å². The molecule has 1 rings (SSSR count). The third-order valence-corrected chi connectivity index (χ3v) is 4.42. The first kappa shape index (κ1) is 15.4. The number of piperidine rings is 1. The van der Waals surface area contributed by atoms with Crippen LogP contribution in [0.5, 0.6) is 0 Å². The van der Waals surface area contributed by atoms with Crippen LogP contribution in [0.1, 0.15) is 25.7 Å². The number of amides is 1. The number of rotatable bonds is 6. The summed E-state index contributed by atoms with van der Waals surface area (Å²) in [5.74, 6) is 0.0584. The van der Waals surface area contributed by atoms with Crippen LogP contribution in [0.4, 0.5) is 0 Å². The second-order valence-electron chi connectivity index (χ2n) is 4.71. The molecule has 1 aliphatic heterocycles. The fraction of sp³-hybridized carbons (Fsp3) is 0.909. The smallest absolute Gasteiger partial charge is 0.220 e. The van der Waals surface area contributed by atoms with Crippen LogP contribution in [0.3, 0.4) is 0 Å². The fourth-order valence-corrected chi connectivity index (χ4v) is 2.93. The molecule has 6 nitrogen and oxygen atoms in total. The minimum absolute atomic E-state index is 0.0584. The van der Waals surface area contributed by atoms with Gasteiger partial charge in [-0.15, -0.1) is 0 Å². The van der Waals surface area contributed by atoms with Gasteiger partial charge in [-0.1, -0.05) is 0 Å². The van der Waals surface area contributed by atoms with Crippen LogP contribution in [0.15, 0.2) is 0 Å². The van der Waals surface area contributed by atoms with Crippen molar-refractivity contribution in [3.63, 3.8) is 0 Å². The van der Waals surface area contributed by atoms with Gasteiger partial charge in [0.2, 0.25) is 15.9 Å². The van der Waals surface area contributed by atoms with Crippen LogP contribution < -0.4 is 10.6 Å². The number of nitrogens with zero attached hydrogens (tertiary/aromatic N) is 1. The maximum Gasteiger partial charge on any atom is 0.220 e. The van der Waals surface area contributed by atoms with Gasteiger partial charge in [-0.3, -0.25) is 4.79 Å². The molecule has 7 heteroatoms. The van der Waals surface area contributed by atoms with E-state index in [9.17, 15) is 13.2 Å². The highest BCUT2D eigenvalue weighted by molar-refractivity contribution is 7.88. The first-order valence-corrected chi connectivity index (χ1v) is 8.17. The molecule has 1 heterocycles. The van der Waals surface area contributed by atoms with Gasteiger partial charge < -0.3 is 10.6 Å². The summed E-state index contributed by atoms with van der Waals surface area (Å²) >= 11 is 0. The van der Waals surface area contributed by atoms with Crippen molar-refractivity contribution in [2.24, 2.45) is 0 Å². The van der Waals surface area contributed by atoms with Gasteiger partial charge in [0.15, 0.2) is 0 Å². The average Bonchev–Trinajstić information content (AvgIpc) is 2.29. The van der Waals surface area contributed by atoms with E-state index < -0.39 is 10.0 Å². The molecule has 0 atom stereocenters. The topological polar surface area (TPSA) is 78.5 Å². The number of carbonyl (C=O) groups is 1. The van der Waals surface area contributed by atoms with Gasteiger partial charge in [-0.25, -0.2) is 12.7 Å². The standard InChI is InChI=1S/C11H23N3O3S/c1-12-7-3-4-11(15)13-10-5-8-14(9-6-10)18(2,16)17/h10,12H,3-9H2,1-2H3,(H,13,15). The molecule has 0 unspecified atom stereocenters. The van der Waals surface area contributed by atoms with Gasteiger partial charge in [-0.2, -0.15) is 0 Å². The van der Waals surface area contributed by atoms with E-state index in [0.717, 1.165) is 13.0 Å². The maximum atomic E-state index is 11.6. The largest absolute Gasteiger partial charge is 0.353 e. The van der Waals surface area contributed by atoms with Crippen LogP contribution in [0.25, 0.3) is 0 Å². The van der Waals surface area contributed by atoms with Gasteiger partial charge in [0.1, 0.15) is 0 Å². The first-order chi connectivity index (χ1) is 8.43. The Bertz CT molecular complexity index is 362. The molecule has 106 valence electrons. The second-order valence-corrected chi connectivity index (χ2v) is 6.69. The Morgan fingerprint density at radius 1 is 1.33 bits per heavy atom. The van der Waals surface area contributed by atoms with E-state index in [1.807, 2.05) is 7.05 Å². The van der Waals surface area contributed by atoms with Crippen molar-refractivity contribution in [1.82, 2.24) is 14.9 Å². The molecule has 0 aromatic rings. The van der Waals surface area contributed by atoms with Crippen LogP contribution in [0.2, 0.25) is 0 Å². The van der Waals surface area contributed by atoms with Gasteiger partial charge >= 0.3 is 0 Å². The number of carbonyl (C=O) groups excluding carboxylic acids is 1. The van der Waals surface area contributed by atoms with E-state index in [4.69, 9.17) is 0 Å². The zero-order valence-corrected chi connectivity index (χ0v) is 11.9. The quantitative estimate of drug-likeness (QED) is 0.643. The average molecular weight is 277 g/mol. The Hall–Kier alpha value is -0.660. The van der Waals surface area contributed by atoms with Gasteiger partial charge in [0.05, 0.1) is 6.26 Å². The Morgan fingerprint density at radius 3 is 2.44 bits per heavy atom. The zero-order valence-electron chi connectivity index (χ0n) is 11.1. The monoisotopic (exact) mass is 277 g/mol. The highest BCUT2D eigenvalue weighted by atomic mass is 32.2. The van der Waals surface area contributed by atoms with E-state index >= 15 is 0 Å². The molecule has 0 spiro atoms. The summed E-state index contributed by atoms with van der Waals surface area (Å²) in [6.45, 7) is 1.83. The van der Waals surface area contributed by atoms with Gasteiger partial charge in [0, 0.05) is 25.6 Å².